The predicted octanol–water partition coefficient (Wildman–Crippen LogP) is 5.49. The zero-order valence-corrected chi connectivity index (χ0v) is 14.0. The van der Waals surface area contributed by atoms with E-state index in [1.807, 2.05) is 0 Å². The number of fused-ring (bicyclic) bond motifs is 1. The van der Waals surface area contributed by atoms with E-state index >= 15 is 0 Å². The van der Waals surface area contributed by atoms with E-state index in [1.165, 1.54) is 23.8 Å². The summed E-state index contributed by atoms with van der Waals surface area (Å²) in [6.07, 6.45) is -3.74. The van der Waals surface area contributed by atoms with E-state index in [0.717, 1.165) is 6.07 Å². The first-order valence-corrected chi connectivity index (χ1v) is 7.49. The van der Waals surface area contributed by atoms with Crippen LogP contribution in [-0.4, -0.2) is 16.3 Å². The van der Waals surface area contributed by atoms with Crippen LogP contribution < -0.4 is 0 Å². The number of benzene rings is 1. The highest BCUT2D eigenvalue weighted by Gasteiger charge is 2.35. The van der Waals surface area contributed by atoms with Gasteiger partial charge in [-0.2, -0.15) is 13.2 Å². The lowest BCUT2D eigenvalue weighted by molar-refractivity contribution is -0.138. The molecule has 0 atom stereocenters. The van der Waals surface area contributed by atoms with Gasteiger partial charge in [0.05, 0.1) is 11.1 Å². The number of hydrogen-bond donors (Lipinski definition) is 0. The Morgan fingerprint density at radius 2 is 1.91 bits per heavy atom. The summed E-state index contributed by atoms with van der Waals surface area (Å²) in [6.45, 7) is 6.68. The van der Waals surface area contributed by atoms with Gasteiger partial charge < -0.3 is 4.74 Å². The number of hydrogen-bond acceptors (Lipinski definition) is 2. The zero-order valence-electron chi connectivity index (χ0n) is 13.2. The molecule has 0 saturated heterocycles. The van der Waals surface area contributed by atoms with Gasteiger partial charge in [-0.05, 0) is 51.0 Å². The summed E-state index contributed by atoms with van der Waals surface area (Å²) in [5.41, 5.74) is -0.815. The smallest absolute Gasteiger partial charge is 0.418 e. The van der Waals surface area contributed by atoms with E-state index in [2.05, 4.69) is 0 Å². The number of aromatic nitrogens is 1. The molecular formula is C16H17ClF3NO2. The number of alkyl halides is 4. The quantitative estimate of drug-likeness (QED) is 0.639. The lowest BCUT2D eigenvalue weighted by atomic mass is 10.0. The van der Waals surface area contributed by atoms with Crippen LogP contribution in [0.5, 0.6) is 0 Å². The normalized spacial score (nSPS) is 12.7. The van der Waals surface area contributed by atoms with E-state index in [0.29, 0.717) is 16.5 Å². The van der Waals surface area contributed by atoms with E-state index in [9.17, 15) is 18.0 Å². The summed E-state index contributed by atoms with van der Waals surface area (Å²) < 4.78 is 46.0. The van der Waals surface area contributed by atoms with Crippen molar-refractivity contribution in [2.45, 2.75) is 45.4 Å². The molecule has 0 spiro atoms. The second-order valence-corrected chi connectivity index (χ2v) is 6.55. The fourth-order valence-corrected chi connectivity index (χ4v) is 2.74. The minimum absolute atomic E-state index is 0.0397. The average Bonchev–Trinajstić information content (AvgIpc) is 2.80. The highest BCUT2D eigenvalue weighted by atomic mass is 35.5. The van der Waals surface area contributed by atoms with E-state index < -0.39 is 23.4 Å². The van der Waals surface area contributed by atoms with Gasteiger partial charge in [0.1, 0.15) is 5.60 Å². The molecule has 0 aliphatic heterocycles. The summed E-state index contributed by atoms with van der Waals surface area (Å²) in [5.74, 6) is -0.302. The van der Waals surface area contributed by atoms with Crippen LogP contribution in [0.3, 0.4) is 0 Å². The maximum absolute atomic E-state index is 13.2. The van der Waals surface area contributed by atoms with E-state index in [4.69, 9.17) is 16.3 Å². The van der Waals surface area contributed by atoms with Crippen LogP contribution in [0.15, 0.2) is 18.3 Å². The Hall–Kier alpha value is -1.69. The van der Waals surface area contributed by atoms with Gasteiger partial charge in [0.2, 0.25) is 0 Å². The second-order valence-electron chi connectivity index (χ2n) is 6.28. The van der Waals surface area contributed by atoms with Crippen molar-refractivity contribution < 1.29 is 22.7 Å². The molecule has 1 aromatic heterocycles. The predicted molar refractivity (Wildman–Crippen MR) is 82.9 cm³/mol. The number of aryl methyl sites for hydroxylation is 1. The number of carbonyl (C=O) groups is 1. The number of carbonyl (C=O) groups excluding carboxylic acids is 1. The number of nitrogens with zero attached hydrogens (tertiary/aromatic N) is 1. The van der Waals surface area contributed by atoms with Gasteiger partial charge >= 0.3 is 12.3 Å². The molecule has 0 aliphatic carbocycles. The summed E-state index contributed by atoms with van der Waals surface area (Å²) in [7, 11) is 0. The van der Waals surface area contributed by atoms with Gasteiger partial charge in [-0.25, -0.2) is 4.79 Å². The lowest BCUT2D eigenvalue weighted by Gasteiger charge is -2.20. The molecule has 126 valence electrons. The van der Waals surface area contributed by atoms with Crippen molar-refractivity contribution in [1.29, 1.82) is 0 Å². The van der Waals surface area contributed by atoms with Crippen molar-refractivity contribution in [3.8, 4) is 0 Å². The maximum atomic E-state index is 13.2. The van der Waals surface area contributed by atoms with Gasteiger partial charge in [-0.1, -0.05) is 0 Å². The molecule has 0 saturated carbocycles. The summed E-state index contributed by atoms with van der Waals surface area (Å²) in [4.78, 5) is 12.3. The van der Waals surface area contributed by atoms with Crippen LogP contribution in [0.2, 0.25) is 0 Å². The van der Waals surface area contributed by atoms with Gasteiger partial charge in [-0.3, -0.25) is 4.57 Å². The molecule has 1 heterocycles. The SMILES string of the molecule is Cc1cc(C(F)(F)F)c(CCl)c2ccn(C(=O)OC(C)(C)C)c12. The molecule has 0 amide bonds. The van der Waals surface area contributed by atoms with Gasteiger partial charge in [0.25, 0.3) is 0 Å². The number of rotatable bonds is 1. The zero-order chi connectivity index (χ0) is 17.6. The fourth-order valence-electron chi connectivity index (χ4n) is 2.46. The number of halogens is 4. The Morgan fingerprint density at radius 1 is 1.30 bits per heavy atom. The van der Waals surface area contributed by atoms with Crippen LogP contribution in [0.25, 0.3) is 10.9 Å². The van der Waals surface area contributed by atoms with Crippen LogP contribution >= 0.6 is 11.6 Å². The third kappa shape index (κ3) is 3.47. The Labute approximate surface area is 137 Å². The van der Waals surface area contributed by atoms with Gasteiger partial charge in [0, 0.05) is 17.5 Å². The minimum atomic E-state index is -4.50. The van der Waals surface area contributed by atoms with E-state index in [1.54, 1.807) is 20.8 Å². The highest BCUT2D eigenvalue weighted by Crippen LogP contribution is 2.38. The Bertz CT molecular complexity index is 757. The Balaban J connectivity index is 2.68. The van der Waals surface area contributed by atoms with Crippen LogP contribution in [0, 0.1) is 6.92 Å². The molecular weight excluding hydrogens is 331 g/mol. The van der Waals surface area contributed by atoms with Crippen molar-refractivity contribution in [3.63, 3.8) is 0 Å². The Morgan fingerprint density at radius 3 is 2.39 bits per heavy atom. The lowest BCUT2D eigenvalue weighted by Crippen LogP contribution is -2.26. The van der Waals surface area contributed by atoms with Crippen LogP contribution in [-0.2, 0) is 16.8 Å². The standard InChI is InChI=1S/C16H17ClF3NO2/c1-9-7-12(16(18,19)20)11(8-17)10-5-6-21(13(9)10)14(22)23-15(2,3)4/h5-7H,8H2,1-4H3. The van der Waals surface area contributed by atoms with Crippen molar-refractivity contribution in [2.24, 2.45) is 0 Å². The molecule has 2 rings (SSSR count). The average molecular weight is 348 g/mol. The molecule has 0 bridgehead atoms. The highest BCUT2D eigenvalue weighted by molar-refractivity contribution is 6.18. The largest absolute Gasteiger partial charge is 0.443 e. The van der Waals surface area contributed by atoms with E-state index in [-0.39, 0.29) is 11.4 Å². The van der Waals surface area contributed by atoms with Crippen molar-refractivity contribution in [2.75, 3.05) is 0 Å². The van der Waals surface area contributed by atoms with Crippen LogP contribution in [0.4, 0.5) is 18.0 Å². The summed E-state index contributed by atoms with van der Waals surface area (Å²) >= 11 is 5.74. The summed E-state index contributed by atoms with van der Waals surface area (Å²) in [5, 5.41) is 0.304. The van der Waals surface area contributed by atoms with Crippen LogP contribution in [0.1, 0.15) is 37.5 Å². The molecule has 7 heteroatoms. The third-order valence-corrected chi connectivity index (χ3v) is 3.57. The van der Waals surface area contributed by atoms with Crippen molar-refractivity contribution >= 4 is 28.6 Å². The maximum Gasteiger partial charge on any atom is 0.418 e. The second kappa shape index (κ2) is 5.74. The number of ether oxygens (including phenoxy) is 1. The first-order chi connectivity index (χ1) is 10.5. The van der Waals surface area contributed by atoms with Gasteiger partial charge in [-0.15, -0.1) is 11.6 Å². The molecule has 2 aromatic rings. The molecule has 0 fully saturated rings. The summed E-state index contributed by atoms with van der Waals surface area (Å²) in [6, 6.07) is 2.47. The molecule has 0 N–H and O–H groups in total. The molecule has 0 unspecified atom stereocenters. The monoisotopic (exact) mass is 347 g/mol. The topological polar surface area (TPSA) is 31.2 Å². The Kier molecular flexibility index (Phi) is 4.41. The fraction of sp³-hybridized carbons (Fsp3) is 0.438. The van der Waals surface area contributed by atoms with Crippen molar-refractivity contribution in [3.05, 3.63) is 35.0 Å². The van der Waals surface area contributed by atoms with Crippen molar-refractivity contribution in [1.82, 2.24) is 4.57 Å². The molecule has 23 heavy (non-hydrogen) atoms. The molecule has 3 nitrogen and oxygen atoms in total. The first kappa shape index (κ1) is 17.7. The molecule has 1 aromatic carbocycles. The van der Waals surface area contributed by atoms with Gasteiger partial charge in [0.15, 0.2) is 0 Å². The third-order valence-electron chi connectivity index (χ3n) is 3.30. The molecule has 0 radical (unpaired) electrons. The molecule has 0 aliphatic rings. The first-order valence-electron chi connectivity index (χ1n) is 6.95. The minimum Gasteiger partial charge on any atom is -0.443 e.